The summed E-state index contributed by atoms with van der Waals surface area (Å²) in [7, 11) is 1.75. The molecule has 0 heterocycles. The second-order valence-corrected chi connectivity index (χ2v) is 5.59. The largest absolute Gasteiger partial charge is 0.383 e. The summed E-state index contributed by atoms with van der Waals surface area (Å²) < 4.78 is 5.04. The molecule has 2 nitrogen and oxygen atoms in total. The van der Waals surface area contributed by atoms with Gasteiger partial charge in [0.25, 0.3) is 0 Å². The second kappa shape index (κ2) is 5.85. The van der Waals surface area contributed by atoms with Crippen molar-refractivity contribution in [3.63, 3.8) is 0 Å². The van der Waals surface area contributed by atoms with Gasteiger partial charge in [-0.15, -0.1) is 0 Å². The lowest BCUT2D eigenvalue weighted by Crippen LogP contribution is -2.21. The van der Waals surface area contributed by atoms with Gasteiger partial charge in [0.1, 0.15) is 0 Å². The molecular formula is C16H25NO. The van der Waals surface area contributed by atoms with Crippen LogP contribution in [0.15, 0.2) is 12.1 Å². The molecule has 0 aliphatic heterocycles. The Labute approximate surface area is 111 Å². The van der Waals surface area contributed by atoms with Gasteiger partial charge in [0.05, 0.1) is 6.61 Å². The van der Waals surface area contributed by atoms with Gasteiger partial charge in [-0.3, -0.25) is 0 Å². The Balaban J connectivity index is 1.89. The van der Waals surface area contributed by atoms with Crippen LogP contribution >= 0.6 is 0 Å². The normalized spacial score (nSPS) is 22.2. The van der Waals surface area contributed by atoms with Crippen LogP contribution in [-0.2, 0) is 4.74 Å². The number of benzene rings is 1. The lowest BCUT2D eigenvalue weighted by atomic mass is 9.97. The molecule has 100 valence electrons. The Morgan fingerprint density at radius 1 is 1.17 bits per heavy atom. The zero-order valence-electron chi connectivity index (χ0n) is 12.0. The topological polar surface area (TPSA) is 21.3 Å². The van der Waals surface area contributed by atoms with E-state index in [9.17, 15) is 0 Å². The van der Waals surface area contributed by atoms with Crippen LogP contribution in [0.5, 0.6) is 0 Å². The van der Waals surface area contributed by atoms with Gasteiger partial charge in [0.15, 0.2) is 0 Å². The van der Waals surface area contributed by atoms with Crippen molar-refractivity contribution in [3.8, 4) is 0 Å². The van der Waals surface area contributed by atoms with Crippen molar-refractivity contribution in [1.82, 2.24) is 5.32 Å². The standard InChI is InChI=1S/C16H25NO/c1-11-7-13(3)15(8-12(11)2)16-9-14(16)10-17-5-6-18-4/h7-8,14,16-17H,5-6,9-10H2,1-4H3. The minimum absolute atomic E-state index is 0.777. The average Bonchev–Trinajstić information content (AvgIpc) is 3.09. The molecular weight excluding hydrogens is 222 g/mol. The molecule has 1 saturated carbocycles. The summed E-state index contributed by atoms with van der Waals surface area (Å²) in [5.74, 6) is 1.60. The number of ether oxygens (including phenoxy) is 1. The highest BCUT2D eigenvalue weighted by Crippen LogP contribution is 2.48. The molecule has 1 fully saturated rings. The number of rotatable bonds is 6. The third-order valence-electron chi connectivity index (χ3n) is 4.09. The molecule has 1 N–H and O–H groups in total. The minimum Gasteiger partial charge on any atom is -0.383 e. The lowest BCUT2D eigenvalue weighted by molar-refractivity contribution is 0.199. The van der Waals surface area contributed by atoms with Gasteiger partial charge in [-0.05, 0) is 67.8 Å². The zero-order valence-corrected chi connectivity index (χ0v) is 12.0. The molecule has 0 saturated heterocycles. The molecule has 0 aromatic heterocycles. The Hall–Kier alpha value is -0.860. The first-order chi connectivity index (χ1) is 8.63. The van der Waals surface area contributed by atoms with Gasteiger partial charge >= 0.3 is 0 Å². The summed E-state index contributed by atoms with van der Waals surface area (Å²) in [6.07, 6.45) is 1.34. The Kier molecular flexibility index (Phi) is 4.41. The average molecular weight is 247 g/mol. The first kappa shape index (κ1) is 13.6. The van der Waals surface area contributed by atoms with Crippen LogP contribution in [0.4, 0.5) is 0 Å². The number of hydrogen-bond acceptors (Lipinski definition) is 2. The van der Waals surface area contributed by atoms with E-state index in [0.717, 1.165) is 31.5 Å². The highest BCUT2D eigenvalue weighted by Gasteiger charge is 2.38. The van der Waals surface area contributed by atoms with Crippen LogP contribution < -0.4 is 5.32 Å². The molecule has 1 aliphatic rings. The highest BCUT2D eigenvalue weighted by atomic mass is 16.5. The molecule has 0 spiro atoms. The van der Waals surface area contributed by atoms with E-state index in [0.29, 0.717) is 0 Å². The van der Waals surface area contributed by atoms with E-state index >= 15 is 0 Å². The van der Waals surface area contributed by atoms with Crippen LogP contribution in [0.25, 0.3) is 0 Å². The molecule has 0 amide bonds. The van der Waals surface area contributed by atoms with Crippen molar-refractivity contribution in [2.45, 2.75) is 33.1 Å². The number of methoxy groups -OCH3 is 1. The summed E-state index contributed by atoms with van der Waals surface area (Å²) >= 11 is 0. The minimum atomic E-state index is 0.777. The van der Waals surface area contributed by atoms with Gasteiger partial charge in [-0.25, -0.2) is 0 Å². The fourth-order valence-corrected chi connectivity index (χ4v) is 2.70. The van der Waals surface area contributed by atoms with Crippen molar-refractivity contribution >= 4 is 0 Å². The predicted molar refractivity (Wildman–Crippen MR) is 76.2 cm³/mol. The van der Waals surface area contributed by atoms with Gasteiger partial charge in [0.2, 0.25) is 0 Å². The molecule has 2 rings (SSSR count). The molecule has 1 aliphatic carbocycles. The summed E-state index contributed by atoms with van der Waals surface area (Å²) in [4.78, 5) is 0. The highest BCUT2D eigenvalue weighted by molar-refractivity contribution is 5.41. The van der Waals surface area contributed by atoms with Gasteiger partial charge < -0.3 is 10.1 Å². The Morgan fingerprint density at radius 3 is 2.61 bits per heavy atom. The quantitative estimate of drug-likeness (QED) is 0.780. The molecule has 0 radical (unpaired) electrons. The van der Waals surface area contributed by atoms with Gasteiger partial charge in [0, 0.05) is 13.7 Å². The van der Waals surface area contributed by atoms with Gasteiger partial charge in [-0.2, -0.15) is 0 Å². The number of aryl methyl sites for hydroxylation is 3. The van der Waals surface area contributed by atoms with E-state index in [4.69, 9.17) is 4.74 Å². The Bertz CT molecular complexity index is 414. The van der Waals surface area contributed by atoms with Crippen molar-refractivity contribution in [1.29, 1.82) is 0 Å². The maximum Gasteiger partial charge on any atom is 0.0587 e. The fraction of sp³-hybridized carbons (Fsp3) is 0.625. The third kappa shape index (κ3) is 3.12. The van der Waals surface area contributed by atoms with E-state index in [1.54, 1.807) is 12.7 Å². The van der Waals surface area contributed by atoms with E-state index in [2.05, 4.69) is 38.2 Å². The lowest BCUT2D eigenvalue weighted by Gasteiger charge is -2.10. The smallest absolute Gasteiger partial charge is 0.0587 e. The van der Waals surface area contributed by atoms with Crippen LogP contribution in [0, 0.1) is 26.7 Å². The summed E-state index contributed by atoms with van der Waals surface area (Å²) in [6.45, 7) is 9.55. The van der Waals surface area contributed by atoms with E-state index in [-0.39, 0.29) is 0 Å². The molecule has 2 heteroatoms. The molecule has 2 unspecified atom stereocenters. The van der Waals surface area contributed by atoms with E-state index in [1.165, 1.54) is 23.1 Å². The Morgan fingerprint density at radius 2 is 1.89 bits per heavy atom. The summed E-state index contributed by atoms with van der Waals surface area (Å²) in [5.41, 5.74) is 5.86. The molecule has 2 atom stereocenters. The first-order valence-electron chi connectivity index (χ1n) is 6.91. The number of nitrogens with one attached hydrogen (secondary N) is 1. The molecule has 18 heavy (non-hydrogen) atoms. The first-order valence-corrected chi connectivity index (χ1v) is 6.91. The van der Waals surface area contributed by atoms with Crippen molar-refractivity contribution in [3.05, 3.63) is 34.4 Å². The molecule has 1 aromatic carbocycles. The molecule has 0 bridgehead atoms. The van der Waals surface area contributed by atoms with E-state index in [1.807, 2.05) is 0 Å². The predicted octanol–water partition coefficient (Wildman–Crippen LogP) is 2.95. The SMILES string of the molecule is COCCNCC1CC1c1cc(C)c(C)cc1C. The molecule has 1 aromatic rings. The van der Waals surface area contributed by atoms with Crippen molar-refractivity contribution in [2.75, 3.05) is 26.8 Å². The maximum atomic E-state index is 5.04. The monoisotopic (exact) mass is 247 g/mol. The van der Waals surface area contributed by atoms with Crippen LogP contribution in [-0.4, -0.2) is 26.8 Å². The van der Waals surface area contributed by atoms with Crippen LogP contribution in [0.3, 0.4) is 0 Å². The fourth-order valence-electron chi connectivity index (χ4n) is 2.70. The van der Waals surface area contributed by atoms with Gasteiger partial charge in [-0.1, -0.05) is 12.1 Å². The van der Waals surface area contributed by atoms with Crippen LogP contribution in [0.1, 0.15) is 34.6 Å². The van der Waals surface area contributed by atoms with Crippen molar-refractivity contribution < 1.29 is 4.74 Å². The second-order valence-electron chi connectivity index (χ2n) is 5.59. The van der Waals surface area contributed by atoms with Crippen LogP contribution in [0.2, 0.25) is 0 Å². The van der Waals surface area contributed by atoms with Crippen molar-refractivity contribution in [2.24, 2.45) is 5.92 Å². The maximum absolute atomic E-state index is 5.04. The van der Waals surface area contributed by atoms with E-state index < -0.39 is 0 Å². The summed E-state index contributed by atoms with van der Waals surface area (Å²) in [5, 5.41) is 3.47. The number of hydrogen-bond donors (Lipinski definition) is 1. The summed E-state index contributed by atoms with van der Waals surface area (Å²) in [6, 6.07) is 4.73. The third-order valence-corrected chi connectivity index (χ3v) is 4.09. The zero-order chi connectivity index (χ0) is 13.1.